The molecule has 2 fully saturated rings. The van der Waals surface area contributed by atoms with Gasteiger partial charge in [0.15, 0.2) is 0 Å². The molecule has 2 aliphatic rings. The molecule has 2 nitrogen and oxygen atoms in total. The van der Waals surface area contributed by atoms with Gasteiger partial charge < -0.3 is 10.8 Å². The highest BCUT2D eigenvalue weighted by molar-refractivity contribution is 5.10. The molecule has 0 amide bonds. The van der Waals surface area contributed by atoms with E-state index in [1.54, 1.807) is 0 Å². The van der Waals surface area contributed by atoms with Crippen LogP contribution < -0.4 is 5.73 Å². The van der Waals surface area contributed by atoms with Crippen LogP contribution in [0.15, 0.2) is 0 Å². The second-order valence-corrected chi connectivity index (χ2v) is 4.89. The van der Waals surface area contributed by atoms with E-state index in [1.807, 2.05) is 0 Å². The fourth-order valence-corrected chi connectivity index (χ4v) is 3.07. The summed E-state index contributed by atoms with van der Waals surface area (Å²) in [6, 6.07) is 0. The SMILES string of the molecule is CCC(O)(C1CC1)C1(CN)CCC1. The molecule has 2 saturated carbocycles. The molecule has 0 aromatic heterocycles. The van der Waals surface area contributed by atoms with Crippen molar-refractivity contribution >= 4 is 0 Å². The van der Waals surface area contributed by atoms with E-state index < -0.39 is 5.60 Å². The van der Waals surface area contributed by atoms with Gasteiger partial charge in [-0.25, -0.2) is 0 Å². The van der Waals surface area contributed by atoms with Gasteiger partial charge in [-0.15, -0.1) is 0 Å². The van der Waals surface area contributed by atoms with Crippen LogP contribution in [0.4, 0.5) is 0 Å². The summed E-state index contributed by atoms with van der Waals surface area (Å²) >= 11 is 0. The van der Waals surface area contributed by atoms with E-state index >= 15 is 0 Å². The Labute approximate surface area is 80.5 Å². The van der Waals surface area contributed by atoms with Gasteiger partial charge in [-0.1, -0.05) is 13.3 Å². The average Bonchev–Trinajstić information content (AvgIpc) is 2.85. The van der Waals surface area contributed by atoms with Crippen molar-refractivity contribution in [3.63, 3.8) is 0 Å². The summed E-state index contributed by atoms with van der Waals surface area (Å²) < 4.78 is 0. The maximum Gasteiger partial charge on any atom is 0.0741 e. The summed E-state index contributed by atoms with van der Waals surface area (Å²) in [4.78, 5) is 0. The summed E-state index contributed by atoms with van der Waals surface area (Å²) in [5.74, 6) is 0.557. The van der Waals surface area contributed by atoms with Crippen molar-refractivity contribution in [2.24, 2.45) is 17.1 Å². The van der Waals surface area contributed by atoms with Gasteiger partial charge in [0, 0.05) is 12.0 Å². The summed E-state index contributed by atoms with van der Waals surface area (Å²) in [6.07, 6.45) is 6.86. The van der Waals surface area contributed by atoms with Crippen LogP contribution in [-0.2, 0) is 0 Å². The third kappa shape index (κ3) is 1.15. The van der Waals surface area contributed by atoms with Crippen LogP contribution in [0.5, 0.6) is 0 Å². The van der Waals surface area contributed by atoms with Crippen LogP contribution in [0.25, 0.3) is 0 Å². The first-order chi connectivity index (χ1) is 6.18. The van der Waals surface area contributed by atoms with Crippen LogP contribution in [0.2, 0.25) is 0 Å². The van der Waals surface area contributed by atoms with Crippen LogP contribution in [0.1, 0.15) is 45.4 Å². The van der Waals surface area contributed by atoms with Crippen molar-refractivity contribution in [1.29, 1.82) is 0 Å². The van der Waals surface area contributed by atoms with E-state index in [-0.39, 0.29) is 5.41 Å². The highest BCUT2D eigenvalue weighted by Crippen LogP contribution is 2.58. The van der Waals surface area contributed by atoms with Crippen LogP contribution in [0.3, 0.4) is 0 Å². The fraction of sp³-hybridized carbons (Fsp3) is 1.00. The Kier molecular flexibility index (Phi) is 2.16. The lowest BCUT2D eigenvalue weighted by Crippen LogP contribution is -2.57. The molecule has 76 valence electrons. The number of hydrogen-bond donors (Lipinski definition) is 2. The molecule has 1 atom stereocenters. The maximum atomic E-state index is 10.7. The normalized spacial score (nSPS) is 30.7. The molecule has 0 aliphatic heterocycles. The van der Waals surface area contributed by atoms with Crippen molar-refractivity contribution in [3.05, 3.63) is 0 Å². The van der Waals surface area contributed by atoms with Crippen molar-refractivity contribution < 1.29 is 5.11 Å². The lowest BCUT2D eigenvalue weighted by molar-refractivity contribution is -0.140. The molecule has 13 heavy (non-hydrogen) atoms. The van der Waals surface area contributed by atoms with Crippen LogP contribution in [0, 0.1) is 11.3 Å². The predicted octanol–water partition coefficient (Wildman–Crippen LogP) is 1.67. The zero-order chi connectivity index (χ0) is 9.53. The van der Waals surface area contributed by atoms with Gasteiger partial charge in [0.1, 0.15) is 0 Å². The second-order valence-electron chi connectivity index (χ2n) is 4.89. The van der Waals surface area contributed by atoms with Crippen molar-refractivity contribution in [2.75, 3.05) is 6.54 Å². The third-order valence-corrected chi connectivity index (χ3v) is 4.41. The zero-order valence-electron chi connectivity index (χ0n) is 8.55. The molecule has 1 unspecified atom stereocenters. The molecular formula is C11H21NO. The molecule has 0 saturated heterocycles. The Morgan fingerprint density at radius 2 is 2.08 bits per heavy atom. The summed E-state index contributed by atoms with van der Waals surface area (Å²) in [5, 5.41) is 10.7. The van der Waals surface area contributed by atoms with E-state index in [4.69, 9.17) is 5.73 Å². The van der Waals surface area contributed by atoms with Gasteiger partial charge in [0.05, 0.1) is 5.60 Å². The van der Waals surface area contributed by atoms with E-state index in [2.05, 4.69) is 6.92 Å². The zero-order valence-corrected chi connectivity index (χ0v) is 8.55. The first-order valence-electron chi connectivity index (χ1n) is 5.61. The minimum absolute atomic E-state index is 0.0862. The van der Waals surface area contributed by atoms with Crippen molar-refractivity contribution in [1.82, 2.24) is 0 Å². The van der Waals surface area contributed by atoms with Gasteiger partial charge in [0.2, 0.25) is 0 Å². The highest BCUT2D eigenvalue weighted by Gasteiger charge is 2.58. The van der Waals surface area contributed by atoms with E-state index in [0.29, 0.717) is 12.5 Å². The molecule has 2 rings (SSSR count). The van der Waals surface area contributed by atoms with Gasteiger partial charge in [-0.2, -0.15) is 0 Å². The molecule has 0 spiro atoms. The van der Waals surface area contributed by atoms with Gasteiger partial charge >= 0.3 is 0 Å². The maximum absolute atomic E-state index is 10.7. The monoisotopic (exact) mass is 183 g/mol. The summed E-state index contributed by atoms with van der Waals surface area (Å²) in [6.45, 7) is 2.78. The van der Waals surface area contributed by atoms with Crippen LogP contribution in [-0.4, -0.2) is 17.3 Å². The summed E-state index contributed by atoms with van der Waals surface area (Å²) in [7, 11) is 0. The number of hydrogen-bond acceptors (Lipinski definition) is 2. The number of aliphatic hydroxyl groups is 1. The van der Waals surface area contributed by atoms with Gasteiger partial charge in [0.25, 0.3) is 0 Å². The Morgan fingerprint density at radius 1 is 1.46 bits per heavy atom. The first kappa shape index (κ1) is 9.47. The van der Waals surface area contributed by atoms with Crippen LogP contribution >= 0.6 is 0 Å². The van der Waals surface area contributed by atoms with Gasteiger partial charge in [-0.05, 0) is 38.0 Å². The number of rotatable bonds is 4. The van der Waals surface area contributed by atoms with Gasteiger partial charge in [-0.3, -0.25) is 0 Å². The molecule has 0 heterocycles. The van der Waals surface area contributed by atoms with E-state index in [0.717, 1.165) is 19.3 Å². The molecular weight excluding hydrogens is 162 g/mol. The molecule has 2 aliphatic carbocycles. The van der Waals surface area contributed by atoms with Crippen molar-refractivity contribution in [3.8, 4) is 0 Å². The Bertz CT molecular complexity index is 191. The Hall–Kier alpha value is -0.0800. The Balaban J connectivity index is 2.17. The third-order valence-electron chi connectivity index (χ3n) is 4.41. The standard InChI is InChI=1S/C11H21NO/c1-2-11(13,9-4-5-9)10(8-12)6-3-7-10/h9,13H,2-8,12H2,1H3. The number of nitrogens with two attached hydrogens (primary N) is 1. The second kappa shape index (κ2) is 2.96. The molecule has 2 heteroatoms. The topological polar surface area (TPSA) is 46.2 Å². The van der Waals surface area contributed by atoms with Crippen molar-refractivity contribution in [2.45, 2.75) is 51.0 Å². The lowest BCUT2D eigenvalue weighted by Gasteiger charge is -2.53. The highest BCUT2D eigenvalue weighted by atomic mass is 16.3. The lowest BCUT2D eigenvalue weighted by atomic mass is 9.56. The average molecular weight is 183 g/mol. The first-order valence-corrected chi connectivity index (χ1v) is 5.61. The molecule has 0 bridgehead atoms. The predicted molar refractivity (Wildman–Crippen MR) is 53.3 cm³/mol. The summed E-state index contributed by atoms with van der Waals surface area (Å²) in [5.41, 5.74) is 5.49. The molecule has 0 aromatic rings. The quantitative estimate of drug-likeness (QED) is 0.696. The van der Waals surface area contributed by atoms with E-state index in [1.165, 1.54) is 19.3 Å². The largest absolute Gasteiger partial charge is 0.389 e. The molecule has 3 N–H and O–H groups in total. The Morgan fingerprint density at radius 3 is 2.31 bits per heavy atom. The minimum Gasteiger partial charge on any atom is -0.389 e. The van der Waals surface area contributed by atoms with E-state index in [9.17, 15) is 5.11 Å². The fourth-order valence-electron chi connectivity index (χ4n) is 3.07. The molecule has 0 aromatic carbocycles. The minimum atomic E-state index is -0.431. The smallest absolute Gasteiger partial charge is 0.0741 e. The molecule has 0 radical (unpaired) electrons.